The number of nitrogens with zero attached hydrogens (tertiary/aromatic N) is 1. The highest BCUT2D eigenvalue weighted by Crippen LogP contribution is 2.43. The minimum atomic E-state index is -4.51. The number of halogens is 5. The highest BCUT2D eigenvalue weighted by atomic mass is 35.5. The summed E-state index contributed by atoms with van der Waals surface area (Å²) in [4.78, 5) is 2.20. The van der Waals surface area contributed by atoms with E-state index in [2.05, 4.69) is 10.2 Å². The second-order valence-electron chi connectivity index (χ2n) is 6.19. The molecule has 1 atom stereocenters. The van der Waals surface area contributed by atoms with Gasteiger partial charge in [0.05, 0.1) is 5.56 Å². The first-order chi connectivity index (χ1) is 10.4. The second kappa shape index (κ2) is 7.36. The van der Waals surface area contributed by atoms with Crippen molar-refractivity contribution in [2.45, 2.75) is 31.5 Å². The van der Waals surface area contributed by atoms with Crippen molar-refractivity contribution in [3.8, 4) is 0 Å². The summed E-state index contributed by atoms with van der Waals surface area (Å²) in [7, 11) is 0. The number of hydrogen-bond acceptors (Lipinski definition) is 2. The smallest absolute Gasteiger partial charge is 0.314 e. The predicted octanol–water partition coefficient (Wildman–Crippen LogP) is 4.01. The minimum absolute atomic E-state index is 0. The van der Waals surface area contributed by atoms with Gasteiger partial charge in [-0.25, -0.2) is 4.39 Å². The van der Waals surface area contributed by atoms with Gasteiger partial charge in [0.1, 0.15) is 5.82 Å². The average Bonchev–Trinajstić information content (AvgIpc) is 2.42. The van der Waals surface area contributed by atoms with E-state index in [1.807, 2.05) is 0 Å². The molecule has 2 aliphatic rings. The molecule has 1 N–H and O–H groups in total. The van der Waals surface area contributed by atoms with E-state index < -0.39 is 17.6 Å². The molecule has 1 aromatic carbocycles. The monoisotopic (exact) mass is 352 g/mol. The first-order valence-corrected chi connectivity index (χ1v) is 7.77. The summed E-state index contributed by atoms with van der Waals surface area (Å²) in [6.45, 7) is 3.23. The summed E-state index contributed by atoms with van der Waals surface area (Å²) in [5.41, 5.74) is -0.416. The zero-order valence-corrected chi connectivity index (χ0v) is 13.5. The molecule has 1 saturated carbocycles. The van der Waals surface area contributed by atoms with Crippen molar-refractivity contribution in [3.05, 3.63) is 35.1 Å². The maximum absolute atomic E-state index is 13.7. The molecule has 130 valence electrons. The van der Waals surface area contributed by atoms with Crippen molar-refractivity contribution in [1.82, 2.24) is 10.2 Å². The number of piperazine rings is 1. The van der Waals surface area contributed by atoms with Gasteiger partial charge in [-0.05, 0) is 42.5 Å². The normalized spacial score (nSPS) is 21.4. The van der Waals surface area contributed by atoms with Crippen LogP contribution in [0.25, 0.3) is 0 Å². The van der Waals surface area contributed by atoms with Crippen LogP contribution in [-0.4, -0.2) is 31.1 Å². The van der Waals surface area contributed by atoms with Crippen molar-refractivity contribution < 1.29 is 17.6 Å². The number of rotatable bonds is 3. The molecule has 23 heavy (non-hydrogen) atoms. The number of nitrogens with one attached hydrogen (secondary N) is 1. The van der Waals surface area contributed by atoms with E-state index in [1.54, 1.807) is 0 Å². The molecular formula is C16H21ClF4N2. The Kier molecular flexibility index (Phi) is 5.92. The zero-order chi connectivity index (χ0) is 15.7. The fourth-order valence-electron chi connectivity index (χ4n) is 3.44. The van der Waals surface area contributed by atoms with Crippen LogP contribution in [0, 0.1) is 11.7 Å². The molecule has 1 heterocycles. The van der Waals surface area contributed by atoms with Crippen molar-refractivity contribution in [2.75, 3.05) is 26.2 Å². The Labute approximate surface area is 139 Å². The molecule has 0 spiro atoms. The fraction of sp³-hybridized carbons (Fsp3) is 0.625. The Bertz CT molecular complexity index is 525. The molecule has 3 rings (SSSR count). The summed E-state index contributed by atoms with van der Waals surface area (Å²) >= 11 is 0. The maximum atomic E-state index is 13.7. The van der Waals surface area contributed by atoms with Gasteiger partial charge < -0.3 is 5.32 Å². The largest absolute Gasteiger partial charge is 0.416 e. The van der Waals surface area contributed by atoms with E-state index in [4.69, 9.17) is 0 Å². The molecular weight excluding hydrogens is 332 g/mol. The van der Waals surface area contributed by atoms with Crippen LogP contribution < -0.4 is 5.32 Å². The van der Waals surface area contributed by atoms with Crippen molar-refractivity contribution in [3.63, 3.8) is 0 Å². The van der Waals surface area contributed by atoms with Gasteiger partial charge in [-0.3, -0.25) is 4.90 Å². The highest BCUT2D eigenvalue weighted by molar-refractivity contribution is 5.85. The lowest BCUT2D eigenvalue weighted by molar-refractivity contribution is -0.137. The van der Waals surface area contributed by atoms with E-state index in [1.165, 1.54) is 6.07 Å². The van der Waals surface area contributed by atoms with E-state index in [0.29, 0.717) is 17.5 Å². The molecule has 1 saturated heterocycles. The van der Waals surface area contributed by atoms with Gasteiger partial charge in [0.25, 0.3) is 0 Å². The van der Waals surface area contributed by atoms with Crippen molar-refractivity contribution in [1.29, 1.82) is 0 Å². The third kappa shape index (κ3) is 4.17. The fourth-order valence-corrected chi connectivity index (χ4v) is 3.44. The van der Waals surface area contributed by atoms with E-state index in [-0.39, 0.29) is 18.4 Å². The summed E-state index contributed by atoms with van der Waals surface area (Å²) in [6.07, 6.45) is -1.39. The number of benzene rings is 1. The first-order valence-electron chi connectivity index (χ1n) is 7.77. The van der Waals surface area contributed by atoms with Crippen LogP contribution in [0.5, 0.6) is 0 Å². The molecule has 0 radical (unpaired) electrons. The minimum Gasteiger partial charge on any atom is -0.314 e. The SMILES string of the molecule is Cl.Fc1cc([C@H](C2CCC2)N2CCNCC2)cc(C(F)(F)F)c1. The van der Waals surface area contributed by atoms with Crippen LogP contribution in [-0.2, 0) is 6.18 Å². The van der Waals surface area contributed by atoms with E-state index >= 15 is 0 Å². The predicted molar refractivity (Wildman–Crippen MR) is 83.2 cm³/mol. The lowest BCUT2D eigenvalue weighted by atomic mass is 9.76. The van der Waals surface area contributed by atoms with Crippen LogP contribution in [0.15, 0.2) is 18.2 Å². The van der Waals surface area contributed by atoms with Gasteiger partial charge in [-0.15, -0.1) is 12.4 Å². The van der Waals surface area contributed by atoms with E-state index in [0.717, 1.165) is 51.5 Å². The van der Waals surface area contributed by atoms with Crippen LogP contribution in [0.3, 0.4) is 0 Å². The molecule has 1 aromatic rings. The van der Waals surface area contributed by atoms with Crippen LogP contribution >= 0.6 is 12.4 Å². The van der Waals surface area contributed by atoms with Gasteiger partial charge in [0.15, 0.2) is 0 Å². The van der Waals surface area contributed by atoms with Gasteiger partial charge in [0, 0.05) is 32.2 Å². The standard InChI is InChI=1S/C16H20F4N2.ClH/c17-14-9-12(8-13(10-14)16(18,19)20)15(11-2-1-3-11)22-6-4-21-5-7-22;/h8-11,15,21H,1-7H2;1H/t15-;/m0./s1. The Hall–Kier alpha value is -0.850. The Morgan fingerprint density at radius 1 is 1.09 bits per heavy atom. The lowest BCUT2D eigenvalue weighted by Crippen LogP contribution is -2.47. The first kappa shape index (κ1) is 18.5. The van der Waals surface area contributed by atoms with Crippen molar-refractivity contribution >= 4 is 12.4 Å². The van der Waals surface area contributed by atoms with Crippen LogP contribution in [0.1, 0.15) is 36.4 Å². The number of alkyl halides is 3. The third-order valence-electron chi connectivity index (χ3n) is 4.73. The molecule has 2 nitrogen and oxygen atoms in total. The topological polar surface area (TPSA) is 15.3 Å². The second-order valence-corrected chi connectivity index (χ2v) is 6.19. The summed E-state index contributed by atoms with van der Waals surface area (Å²) in [5, 5.41) is 3.25. The molecule has 1 aliphatic carbocycles. The number of hydrogen-bond donors (Lipinski definition) is 1. The Morgan fingerprint density at radius 3 is 2.26 bits per heavy atom. The van der Waals surface area contributed by atoms with Gasteiger partial charge in [-0.1, -0.05) is 6.42 Å². The molecule has 2 fully saturated rings. The molecule has 7 heteroatoms. The summed E-state index contributed by atoms with van der Waals surface area (Å²) in [6, 6.07) is 2.89. The maximum Gasteiger partial charge on any atom is 0.416 e. The zero-order valence-electron chi connectivity index (χ0n) is 12.7. The molecule has 0 amide bonds. The quantitative estimate of drug-likeness (QED) is 0.827. The Balaban J connectivity index is 0.00000192. The summed E-state index contributed by atoms with van der Waals surface area (Å²) < 4.78 is 52.6. The molecule has 1 aliphatic heterocycles. The lowest BCUT2D eigenvalue weighted by Gasteiger charge is -2.43. The molecule has 0 bridgehead atoms. The molecule has 0 aromatic heterocycles. The van der Waals surface area contributed by atoms with E-state index in [9.17, 15) is 17.6 Å². The third-order valence-corrected chi connectivity index (χ3v) is 4.73. The summed E-state index contributed by atoms with van der Waals surface area (Å²) in [5.74, 6) is -0.467. The van der Waals surface area contributed by atoms with Crippen LogP contribution in [0.2, 0.25) is 0 Å². The Morgan fingerprint density at radius 2 is 1.74 bits per heavy atom. The van der Waals surface area contributed by atoms with Crippen LogP contribution in [0.4, 0.5) is 17.6 Å². The van der Waals surface area contributed by atoms with Gasteiger partial charge in [-0.2, -0.15) is 13.2 Å². The average molecular weight is 353 g/mol. The van der Waals surface area contributed by atoms with Gasteiger partial charge >= 0.3 is 6.18 Å². The van der Waals surface area contributed by atoms with Gasteiger partial charge in [0.2, 0.25) is 0 Å². The highest BCUT2D eigenvalue weighted by Gasteiger charge is 2.36. The van der Waals surface area contributed by atoms with Crippen molar-refractivity contribution in [2.24, 2.45) is 5.92 Å². The molecule has 0 unspecified atom stereocenters.